The van der Waals surface area contributed by atoms with E-state index in [1.807, 2.05) is 18.2 Å². The van der Waals surface area contributed by atoms with Gasteiger partial charge in [0.05, 0.1) is 5.41 Å². The molecule has 1 aromatic rings. The zero-order valence-electron chi connectivity index (χ0n) is 7.57. The molecule has 1 aromatic carbocycles. The highest BCUT2D eigenvalue weighted by Crippen LogP contribution is 2.10. The van der Waals surface area contributed by atoms with Crippen LogP contribution in [-0.2, 0) is 11.1 Å². The number of halogens is 1. The van der Waals surface area contributed by atoms with Gasteiger partial charge in [0, 0.05) is 4.48 Å². The molecule has 0 aliphatic carbocycles. The van der Waals surface area contributed by atoms with Crippen molar-refractivity contribution in [3.05, 3.63) is 46.0 Å². The second kappa shape index (κ2) is 5.81. The highest BCUT2D eigenvalue weighted by atomic mass is 79.9. The Hall–Kier alpha value is -0.830. The molecular formula is C10H9BrO2S. The number of allylic oxidation sites excluding steroid dienone is 1. The van der Waals surface area contributed by atoms with Crippen LogP contribution in [0.2, 0.25) is 0 Å². The standard InChI is InChI=1S/C10H9BrO2S/c1-9(11)7-8-14(12)13-10-5-3-2-4-6-10/h2-6,8H,1H3. The third-order valence-electron chi connectivity index (χ3n) is 1.28. The fourth-order valence-electron chi connectivity index (χ4n) is 0.724. The van der Waals surface area contributed by atoms with Crippen LogP contribution in [0, 0.1) is 0 Å². The number of rotatable bonds is 3. The maximum Gasteiger partial charge on any atom is 0.241 e. The van der Waals surface area contributed by atoms with Crippen molar-refractivity contribution in [1.82, 2.24) is 0 Å². The van der Waals surface area contributed by atoms with Crippen molar-refractivity contribution in [2.45, 2.75) is 6.92 Å². The summed E-state index contributed by atoms with van der Waals surface area (Å²) in [5.41, 5.74) is 2.75. The van der Waals surface area contributed by atoms with Gasteiger partial charge in [0.2, 0.25) is 11.1 Å². The molecule has 4 heteroatoms. The van der Waals surface area contributed by atoms with Crippen LogP contribution in [0.1, 0.15) is 6.92 Å². The van der Waals surface area contributed by atoms with Gasteiger partial charge >= 0.3 is 0 Å². The van der Waals surface area contributed by atoms with Gasteiger partial charge in [-0.05, 0) is 35.0 Å². The van der Waals surface area contributed by atoms with Crippen molar-refractivity contribution in [3.8, 4) is 5.75 Å². The smallest absolute Gasteiger partial charge is 0.241 e. The number of hydrogen-bond donors (Lipinski definition) is 0. The van der Waals surface area contributed by atoms with Gasteiger partial charge in [-0.1, -0.05) is 23.9 Å². The van der Waals surface area contributed by atoms with Crippen LogP contribution in [-0.4, -0.2) is 4.21 Å². The molecule has 0 N–H and O–H groups in total. The van der Waals surface area contributed by atoms with Crippen molar-refractivity contribution < 1.29 is 8.39 Å². The summed E-state index contributed by atoms with van der Waals surface area (Å²) in [7, 11) is 0. The molecule has 0 fully saturated rings. The quantitative estimate of drug-likeness (QED) is 0.791. The van der Waals surface area contributed by atoms with E-state index in [4.69, 9.17) is 4.18 Å². The van der Waals surface area contributed by atoms with E-state index < -0.39 is 11.1 Å². The first kappa shape index (κ1) is 11.2. The molecule has 1 rings (SSSR count). The Bertz CT molecular complexity index is 376. The first-order chi connectivity index (χ1) is 6.68. The first-order valence-corrected chi connectivity index (χ1v) is 5.84. The summed E-state index contributed by atoms with van der Waals surface area (Å²) < 4.78 is 17.1. The van der Waals surface area contributed by atoms with Crippen LogP contribution >= 0.6 is 15.9 Å². The Kier molecular flexibility index (Phi) is 4.66. The van der Waals surface area contributed by atoms with E-state index in [9.17, 15) is 4.21 Å². The maximum absolute atomic E-state index is 11.3. The van der Waals surface area contributed by atoms with E-state index in [0.717, 1.165) is 4.48 Å². The molecule has 0 amide bonds. The molecule has 0 aromatic heterocycles. The third-order valence-corrected chi connectivity index (χ3v) is 2.17. The van der Waals surface area contributed by atoms with Crippen molar-refractivity contribution in [2.24, 2.45) is 0 Å². The van der Waals surface area contributed by atoms with E-state index in [-0.39, 0.29) is 0 Å². The van der Waals surface area contributed by atoms with Crippen molar-refractivity contribution in [1.29, 1.82) is 0 Å². The van der Waals surface area contributed by atoms with E-state index in [1.165, 1.54) is 5.41 Å². The summed E-state index contributed by atoms with van der Waals surface area (Å²) >= 11 is 1.69. The highest BCUT2D eigenvalue weighted by molar-refractivity contribution is 9.11. The van der Waals surface area contributed by atoms with Gasteiger partial charge in [0.25, 0.3) is 0 Å². The van der Waals surface area contributed by atoms with Crippen LogP contribution in [0.15, 0.2) is 46.0 Å². The Balaban J connectivity index is 2.63. The fraction of sp³-hybridized carbons (Fsp3) is 0.100. The van der Waals surface area contributed by atoms with Crippen molar-refractivity contribution in [2.75, 3.05) is 0 Å². The fourth-order valence-corrected chi connectivity index (χ4v) is 1.61. The Morgan fingerprint density at radius 2 is 2.14 bits per heavy atom. The summed E-state index contributed by atoms with van der Waals surface area (Å²) in [6.45, 7) is 1.80. The average Bonchev–Trinajstić information content (AvgIpc) is 2.16. The minimum absolute atomic E-state index is 0.580. The van der Waals surface area contributed by atoms with Gasteiger partial charge in [0.15, 0.2) is 0 Å². The monoisotopic (exact) mass is 272 g/mol. The number of benzene rings is 1. The normalized spacial score (nSPS) is 11.3. The number of para-hydroxylation sites is 1. The highest BCUT2D eigenvalue weighted by Gasteiger charge is 1.95. The molecule has 0 aliphatic rings. The lowest BCUT2D eigenvalue weighted by atomic mass is 10.3. The Labute approximate surface area is 94.1 Å². The van der Waals surface area contributed by atoms with Gasteiger partial charge in [-0.2, -0.15) is 0 Å². The van der Waals surface area contributed by atoms with Gasteiger partial charge in [0.1, 0.15) is 5.75 Å². The molecule has 0 spiro atoms. The summed E-state index contributed by atoms with van der Waals surface area (Å²) in [4.78, 5) is 0. The zero-order valence-corrected chi connectivity index (χ0v) is 9.97. The van der Waals surface area contributed by atoms with Crippen LogP contribution in [0.25, 0.3) is 0 Å². The molecule has 1 atom stereocenters. The van der Waals surface area contributed by atoms with E-state index in [2.05, 4.69) is 21.7 Å². The van der Waals surface area contributed by atoms with Crippen molar-refractivity contribution in [3.63, 3.8) is 0 Å². The molecule has 0 bridgehead atoms. The van der Waals surface area contributed by atoms with Gasteiger partial charge in [-0.15, -0.1) is 0 Å². The first-order valence-electron chi connectivity index (χ1n) is 3.91. The van der Waals surface area contributed by atoms with Gasteiger partial charge in [-0.25, -0.2) is 4.21 Å². The molecule has 14 heavy (non-hydrogen) atoms. The molecule has 0 saturated carbocycles. The summed E-state index contributed by atoms with van der Waals surface area (Å²) in [5, 5.41) is 1.36. The minimum Gasteiger partial charge on any atom is -0.397 e. The summed E-state index contributed by atoms with van der Waals surface area (Å²) in [6.07, 6.45) is 0. The topological polar surface area (TPSA) is 26.3 Å². The lowest BCUT2D eigenvalue weighted by Crippen LogP contribution is -1.94. The second-order valence-electron chi connectivity index (χ2n) is 2.45. The molecule has 2 nitrogen and oxygen atoms in total. The lowest BCUT2D eigenvalue weighted by molar-refractivity contribution is 0.571. The SMILES string of the molecule is CC(Br)=C=CS(=O)Oc1ccccc1. The molecule has 0 radical (unpaired) electrons. The molecular weight excluding hydrogens is 264 g/mol. The summed E-state index contributed by atoms with van der Waals surface area (Å²) in [5.74, 6) is 0.580. The average molecular weight is 273 g/mol. The predicted octanol–water partition coefficient (Wildman–Crippen LogP) is 3.14. The largest absolute Gasteiger partial charge is 0.397 e. The maximum atomic E-state index is 11.3. The van der Waals surface area contributed by atoms with Gasteiger partial charge in [-0.3, -0.25) is 0 Å². The molecule has 0 heterocycles. The van der Waals surface area contributed by atoms with E-state index >= 15 is 0 Å². The van der Waals surface area contributed by atoms with Gasteiger partial charge < -0.3 is 4.18 Å². The minimum atomic E-state index is -1.48. The zero-order chi connectivity index (χ0) is 10.4. The molecule has 74 valence electrons. The van der Waals surface area contributed by atoms with Crippen molar-refractivity contribution >= 4 is 27.0 Å². The predicted molar refractivity (Wildman–Crippen MR) is 61.4 cm³/mol. The van der Waals surface area contributed by atoms with Crippen LogP contribution in [0.4, 0.5) is 0 Å². The van der Waals surface area contributed by atoms with Crippen LogP contribution < -0.4 is 4.18 Å². The second-order valence-corrected chi connectivity index (χ2v) is 4.57. The lowest BCUT2D eigenvalue weighted by Gasteiger charge is -1.98. The molecule has 1 unspecified atom stereocenters. The van der Waals surface area contributed by atoms with E-state index in [1.54, 1.807) is 19.1 Å². The molecule has 0 aliphatic heterocycles. The number of hydrogen-bond acceptors (Lipinski definition) is 2. The third kappa shape index (κ3) is 4.42. The van der Waals surface area contributed by atoms with E-state index in [0.29, 0.717) is 5.75 Å². The molecule has 0 saturated heterocycles. The van der Waals surface area contributed by atoms with Crippen LogP contribution in [0.3, 0.4) is 0 Å². The summed E-state index contributed by atoms with van der Waals surface area (Å²) in [6, 6.07) is 9.00. The Morgan fingerprint density at radius 3 is 2.71 bits per heavy atom. The Morgan fingerprint density at radius 1 is 1.50 bits per heavy atom. The van der Waals surface area contributed by atoms with Crippen LogP contribution in [0.5, 0.6) is 5.75 Å².